The van der Waals surface area contributed by atoms with Crippen LogP contribution in [0, 0.1) is 0 Å². The number of hydrogen-bond donors (Lipinski definition) is 6. The number of aliphatic hydroxyl groups is 1. The zero-order valence-electron chi connectivity index (χ0n) is 16.9. The van der Waals surface area contributed by atoms with E-state index in [4.69, 9.17) is 10.8 Å². The Morgan fingerprint density at radius 2 is 1.81 bits per heavy atom. The molecule has 3 aromatic rings. The molecule has 31 heavy (non-hydrogen) atoms. The molecule has 0 saturated carbocycles. The maximum absolute atomic E-state index is 12.0. The summed E-state index contributed by atoms with van der Waals surface area (Å²) in [7, 11) is 1.57. The van der Waals surface area contributed by atoms with Crippen LogP contribution in [-0.2, 0) is 12.8 Å². The number of amides is 1. The molecule has 0 aliphatic carbocycles. The molecule has 7 N–H and O–H groups in total. The van der Waals surface area contributed by atoms with Crippen LogP contribution in [0.4, 0.5) is 0 Å². The van der Waals surface area contributed by atoms with Gasteiger partial charge in [-0.1, -0.05) is 30.3 Å². The number of H-pyrrole nitrogens is 2. The molecule has 10 heteroatoms. The summed E-state index contributed by atoms with van der Waals surface area (Å²) in [4.78, 5) is 50.7. The number of benzene rings is 2. The summed E-state index contributed by atoms with van der Waals surface area (Å²) < 4.78 is 0. The molecule has 1 aromatic heterocycles. The van der Waals surface area contributed by atoms with Gasteiger partial charge in [-0.2, -0.15) is 0 Å². The van der Waals surface area contributed by atoms with Crippen molar-refractivity contribution in [3.05, 3.63) is 79.6 Å². The Balaban J connectivity index is 0.000000785. The number of rotatable bonds is 6. The third-order valence-electron chi connectivity index (χ3n) is 4.46. The summed E-state index contributed by atoms with van der Waals surface area (Å²) in [6.45, 7) is 0.472. The van der Waals surface area contributed by atoms with Crippen LogP contribution in [0.1, 0.15) is 32.0 Å². The number of aliphatic hydroxyl groups excluding tert-OH is 1. The van der Waals surface area contributed by atoms with Gasteiger partial charge in [0.15, 0.2) is 0 Å². The number of hydrogen-bond acceptors (Lipinski definition) is 6. The molecule has 0 unspecified atom stereocenters. The number of aromatic carboxylic acids is 1. The predicted molar refractivity (Wildman–Crippen MR) is 116 cm³/mol. The smallest absolute Gasteiger partial charge is 0.352 e. The first-order chi connectivity index (χ1) is 14.8. The van der Waals surface area contributed by atoms with Crippen molar-refractivity contribution in [2.45, 2.75) is 12.8 Å². The maximum Gasteiger partial charge on any atom is 0.352 e. The Bertz CT molecular complexity index is 1200. The minimum absolute atomic E-state index is 0.0151. The number of carbonyl (C=O) groups is 2. The molecule has 0 radical (unpaired) electrons. The van der Waals surface area contributed by atoms with Crippen molar-refractivity contribution in [1.82, 2.24) is 15.3 Å². The Hall–Kier alpha value is -3.76. The van der Waals surface area contributed by atoms with Gasteiger partial charge in [-0.3, -0.25) is 14.6 Å². The van der Waals surface area contributed by atoms with E-state index >= 15 is 0 Å². The summed E-state index contributed by atoms with van der Waals surface area (Å²) in [5.41, 5.74) is 4.27. The lowest BCUT2D eigenvalue weighted by molar-refractivity contribution is 0.0688. The van der Waals surface area contributed by atoms with Gasteiger partial charge in [0.1, 0.15) is 5.69 Å². The Labute approximate surface area is 176 Å². The first-order valence-electron chi connectivity index (χ1n) is 9.45. The second kappa shape index (κ2) is 10.9. The van der Waals surface area contributed by atoms with E-state index in [-0.39, 0.29) is 24.5 Å². The van der Waals surface area contributed by atoms with Crippen molar-refractivity contribution in [3.63, 3.8) is 0 Å². The van der Waals surface area contributed by atoms with Gasteiger partial charge >= 0.3 is 11.7 Å². The van der Waals surface area contributed by atoms with Crippen LogP contribution in [0.25, 0.3) is 10.8 Å². The molecule has 0 bridgehead atoms. The van der Waals surface area contributed by atoms with E-state index in [1.165, 1.54) is 0 Å². The number of carboxylic acids is 1. The lowest BCUT2D eigenvalue weighted by Gasteiger charge is -2.08. The van der Waals surface area contributed by atoms with Crippen molar-refractivity contribution >= 4 is 22.6 Å². The first-order valence-corrected chi connectivity index (χ1v) is 9.45. The second-order valence-electron chi connectivity index (χ2n) is 6.52. The van der Waals surface area contributed by atoms with Gasteiger partial charge in [-0.25, -0.2) is 9.59 Å². The number of fused-ring (bicyclic) bond motifs is 1. The van der Waals surface area contributed by atoms with Crippen LogP contribution >= 0.6 is 0 Å². The molecule has 2 aromatic carbocycles. The monoisotopic (exact) mass is 428 g/mol. The highest BCUT2D eigenvalue weighted by Crippen LogP contribution is 2.21. The molecule has 0 spiro atoms. The Morgan fingerprint density at radius 1 is 1.10 bits per heavy atom. The highest BCUT2D eigenvalue weighted by molar-refractivity contribution is 6.07. The second-order valence-corrected chi connectivity index (χ2v) is 6.52. The van der Waals surface area contributed by atoms with Gasteiger partial charge in [0.2, 0.25) is 0 Å². The van der Waals surface area contributed by atoms with E-state index in [1.54, 1.807) is 19.2 Å². The first kappa shape index (κ1) is 23.5. The van der Waals surface area contributed by atoms with Crippen molar-refractivity contribution in [2.24, 2.45) is 5.73 Å². The van der Waals surface area contributed by atoms with E-state index in [2.05, 4.69) is 15.3 Å². The largest absolute Gasteiger partial charge is 0.477 e. The summed E-state index contributed by atoms with van der Waals surface area (Å²) >= 11 is 0. The number of nitrogens with two attached hydrogens (primary N) is 1. The molecule has 1 heterocycles. The van der Waals surface area contributed by atoms with Crippen molar-refractivity contribution < 1.29 is 19.8 Å². The van der Waals surface area contributed by atoms with E-state index < -0.39 is 22.9 Å². The fourth-order valence-electron chi connectivity index (χ4n) is 3.02. The number of nitrogens with one attached hydrogen (secondary N) is 3. The topological polar surface area (TPSA) is 178 Å². The highest BCUT2D eigenvalue weighted by Gasteiger charge is 2.16. The third-order valence-corrected chi connectivity index (χ3v) is 4.46. The van der Waals surface area contributed by atoms with Crippen LogP contribution in [0.2, 0.25) is 0 Å². The van der Waals surface area contributed by atoms with Crippen LogP contribution in [-0.4, -0.2) is 52.3 Å². The molecule has 0 aliphatic heterocycles. The van der Waals surface area contributed by atoms with Crippen molar-refractivity contribution in [3.8, 4) is 0 Å². The van der Waals surface area contributed by atoms with Crippen LogP contribution < -0.4 is 22.3 Å². The molecule has 1 amide bonds. The van der Waals surface area contributed by atoms with Gasteiger partial charge in [-0.15, -0.1) is 0 Å². The van der Waals surface area contributed by atoms with Crippen LogP contribution in [0.3, 0.4) is 0 Å². The van der Waals surface area contributed by atoms with E-state index in [0.29, 0.717) is 18.5 Å². The fraction of sp³-hybridized carbons (Fsp3) is 0.238. The molecule has 0 aliphatic rings. The normalized spacial score (nSPS) is 10.3. The molecule has 0 atom stereocenters. The molecule has 10 nitrogen and oxygen atoms in total. The molecule has 0 fully saturated rings. The molecule has 164 valence electrons. The SMILES string of the molecule is CNC(=O)c1cccc2cc(CCc3c(C(=O)O)[nH]c(=O)[nH]c3=O)ccc12.NCCO. The molecular formula is C21H24N4O6. The van der Waals surface area contributed by atoms with Gasteiger partial charge < -0.3 is 26.2 Å². The highest BCUT2D eigenvalue weighted by atomic mass is 16.4. The fourth-order valence-corrected chi connectivity index (χ4v) is 3.02. The Morgan fingerprint density at radius 3 is 2.42 bits per heavy atom. The van der Waals surface area contributed by atoms with Crippen molar-refractivity contribution in [2.75, 3.05) is 20.2 Å². The Kier molecular flexibility index (Phi) is 8.24. The van der Waals surface area contributed by atoms with E-state index in [9.17, 15) is 24.3 Å². The maximum atomic E-state index is 12.0. The van der Waals surface area contributed by atoms with Gasteiger partial charge in [0.05, 0.1) is 6.61 Å². The van der Waals surface area contributed by atoms with E-state index in [0.717, 1.165) is 16.3 Å². The number of carboxylic acid groups (broad SMARTS) is 1. The van der Waals surface area contributed by atoms with Crippen molar-refractivity contribution in [1.29, 1.82) is 0 Å². The summed E-state index contributed by atoms with van der Waals surface area (Å²) in [6.07, 6.45) is 0.546. The number of aryl methyl sites for hydroxylation is 1. The zero-order valence-corrected chi connectivity index (χ0v) is 16.9. The predicted octanol–water partition coefficient (Wildman–Crippen LogP) is -0.00320. The van der Waals surface area contributed by atoms with Gasteiger partial charge in [0.25, 0.3) is 11.5 Å². The number of carbonyl (C=O) groups excluding carboxylic acids is 1. The molecule has 3 rings (SSSR count). The molecule has 0 saturated heterocycles. The summed E-state index contributed by atoms with van der Waals surface area (Å²) in [5.74, 6) is -1.54. The number of aromatic amines is 2. The zero-order chi connectivity index (χ0) is 23.0. The minimum atomic E-state index is -1.36. The minimum Gasteiger partial charge on any atom is -0.477 e. The average Bonchev–Trinajstić information content (AvgIpc) is 2.76. The van der Waals surface area contributed by atoms with Gasteiger partial charge in [0, 0.05) is 24.7 Å². The lowest BCUT2D eigenvalue weighted by atomic mass is 9.98. The summed E-state index contributed by atoms with van der Waals surface area (Å²) in [5, 5.41) is 21.2. The van der Waals surface area contributed by atoms with E-state index in [1.807, 2.05) is 24.3 Å². The van der Waals surface area contributed by atoms with Crippen LogP contribution in [0.5, 0.6) is 0 Å². The third kappa shape index (κ3) is 5.87. The standard InChI is InChI=1S/C19H17N3O5.C2H7NO/c1-20-16(23)13-4-2-3-11-9-10(5-7-12(11)13)6-8-14-15(18(25)26)21-19(27)22-17(14)24;3-1-2-4/h2-5,7,9H,6,8H2,1H3,(H,20,23)(H,25,26)(H2,21,22,24,27);4H,1-3H2. The molecular weight excluding hydrogens is 404 g/mol. The average molecular weight is 428 g/mol. The summed E-state index contributed by atoms with van der Waals surface area (Å²) in [6, 6.07) is 10.9. The van der Waals surface area contributed by atoms with Crippen LogP contribution in [0.15, 0.2) is 46.0 Å². The lowest BCUT2D eigenvalue weighted by Crippen LogP contribution is -2.30. The quantitative estimate of drug-likeness (QED) is 0.320. The van der Waals surface area contributed by atoms with Gasteiger partial charge in [-0.05, 0) is 35.2 Å². The number of aromatic nitrogens is 2.